The van der Waals surface area contributed by atoms with E-state index >= 15 is 0 Å². The zero-order chi connectivity index (χ0) is 11.5. The monoisotopic (exact) mass is 236 g/mol. The van der Waals surface area contributed by atoms with Gasteiger partial charge in [0.15, 0.2) is 0 Å². The molecule has 0 aliphatic heterocycles. The van der Waals surface area contributed by atoms with Crippen molar-refractivity contribution < 1.29 is 4.79 Å². The van der Waals surface area contributed by atoms with Crippen molar-refractivity contribution in [3.8, 4) is 12.3 Å². The van der Waals surface area contributed by atoms with Crippen molar-refractivity contribution in [2.45, 2.75) is 25.3 Å². The predicted octanol–water partition coefficient (Wildman–Crippen LogP) is 2.23. The Morgan fingerprint density at radius 1 is 1.69 bits per heavy atom. The third-order valence-corrected chi connectivity index (χ3v) is 2.75. The molecule has 0 atom stereocenters. The second kappa shape index (κ2) is 4.63. The molecule has 1 heterocycles. The van der Waals surface area contributed by atoms with Crippen LogP contribution in [0.3, 0.4) is 0 Å². The number of terminal acetylenes is 1. The number of aromatic nitrogens is 1. The molecular formula is C12H13ClN2O. The Morgan fingerprint density at radius 3 is 3.06 bits per heavy atom. The summed E-state index contributed by atoms with van der Waals surface area (Å²) in [6.45, 7) is 0.503. The summed E-state index contributed by atoms with van der Waals surface area (Å²) < 4.78 is 1.95. The summed E-state index contributed by atoms with van der Waals surface area (Å²) in [5.41, 5.74) is 0.629. The number of rotatable bonds is 4. The minimum atomic E-state index is -0.103. The lowest BCUT2D eigenvalue weighted by atomic mass is 10.3. The topological polar surface area (TPSA) is 34.0 Å². The van der Waals surface area contributed by atoms with Crippen LogP contribution in [0.25, 0.3) is 0 Å². The van der Waals surface area contributed by atoms with Crippen molar-refractivity contribution in [1.82, 2.24) is 9.88 Å². The Bertz CT molecular complexity index is 440. The molecule has 0 radical (unpaired) electrons. The van der Waals surface area contributed by atoms with Crippen molar-refractivity contribution in [3.05, 3.63) is 23.0 Å². The van der Waals surface area contributed by atoms with Gasteiger partial charge in [-0.25, -0.2) is 0 Å². The first-order valence-electron chi connectivity index (χ1n) is 5.31. The summed E-state index contributed by atoms with van der Waals surface area (Å²) in [6.07, 6.45) is 9.72. The highest BCUT2D eigenvalue weighted by Gasteiger charge is 2.27. The van der Waals surface area contributed by atoms with E-state index in [0.717, 1.165) is 12.8 Å². The number of hydrogen-bond acceptors (Lipinski definition) is 1. The fourth-order valence-corrected chi connectivity index (χ4v) is 1.83. The van der Waals surface area contributed by atoms with Crippen LogP contribution in [0.4, 0.5) is 0 Å². The van der Waals surface area contributed by atoms with Crippen molar-refractivity contribution >= 4 is 17.5 Å². The lowest BCUT2D eigenvalue weighted by Crippen LogP contribution is -2.26. The quantitative estimate of drug-likeness (QED) is 0.631. The van der Waals surface area contributed by atoms with Gasteiger partial charge in [0.05, 0.1) is 5.02 Å². The molecule has 84 valence electrons. The van der Waals surface area contributed by atoms with Crippen molar-refractivity contribution in [1.29, 1.82) is 0 Å². The first kappa shape index (κ1) is 11.1. The van der Waals surface area contributed by atoms with Crippen molar-refractivity contribution in [2.75, 3.05) is 6.54 Å². The largest absolute Gasteiger partial charge is 0.350 e. The normalized spacial score (nSPS) is 14.5. The molecule has 1 aliphatic rings. The van der Waals surface area contributed by atoms with Gasteiger partial charge in [-0.1, -0.05) is 11.6 Å². The summed E-state index contributed by atoms with van der Waals surface area (Å²) in [4.78, 5) is 11.8. The van der Waals surface area contributed by atoms with Crippen molar-refractivity contribution in [2.24, 2.45) is 0 Å². The molecule has 2 rings (SSSR count). The van der Waals surface area contributed by atoms with Gasteiger partial charge >= 0.3 is 0 Å². The van der Waals surface area contributed by atoms with Crippen LogP contribution in [-0.4, -0.2) is 17.0 Å². The first-order valence-corrected chi connectivity index (χ1v) is 5.69. The van der Waals surface area contributed by atoms with E-state index in [-0.39, 0.29) is 5.91 Å². The van der Waals surface area contributed by atoms with Crippen LogP contribution in [0.5, 0.6) is 0 Å². The van der Waals surface area contributed by atoms with Gasteiger partial charge in [-0.2, -0.15) is 0 Å². The van der Waals surface area contributed by atoms with Crippen LogP contribution in [0.15, 0.2) is 12.3 Å². The molecule has 1 aromatic rings. The van der Waals surface area contributed by atoms with E-state index in [1.807, 2.05) is 10.8 Å². The van der Waals surface area contributed by atoms with Gasteiger partial charge in [-0.3, -0.25) is 4.79 Å². The fraction of sp³-hybridized carbons (Fsp3) is 0.417. The molecule has 3 nitrogen and oxygen atoms in total. The van der Waals surface area contributed by atoms with E-state index in [2.05, 4.69) is 11.2 Å². The molecule has 1 aromatic heterocycles. The molecule has 16 heavy (non-hydrogen) atoms. The fourth-order valence-electron chi connectivity index (χ4n) is 1.62. The summed E-state index contributed by atoms with van der Waals surface area (Å²) in [6, 6.07) is 2.14. The average Bonchev–Trinajstić information content (AvgIpc) is 3.02. The molecule has 1 fully saturated rings. The number of hydrogen-bond donors (Lipinski definition) is 1. The molecule has 0 spiro atoms. The van der Waals surface area contributed by atoms with Crippen LogP contribution in [-0.2, 0) is 0 Å². The molecule has 1 amide bonds. The smallest absolute Gasteiger partial charge is 0.268 e. The molecule has 0 unspecified atom stereocenters. The SMILES string of the molecule is C#CCCNC(=O)c1cc(Cl)cn1C1CC1. The summed E-state index contributed by atoms with van der Waals surface area (Å²) in [5, 5.41) is 3.38. The van der Waals surface area contributed by atoms with Crippen LogP contribution >= 0.6 is 11.6 Å². The zero-order valence-electron chi connectivity index (χ0n) is 8.87. The Kier molecular flexibility index (Phi) is 3.21. The van der Waals surface area contributed by atoms with E-state index in [0.29, 0.717) is 29.7 Å². The number of amides is 1. The van der Waals surface area contributed by atoms with Gasteiger partial charge in [0.1, 0.15) is 5.69 Å². The maximum Gasteiger partial charge on any atom is 0.268 e. The van der Waals surface area contributed by atoms with Crippen LogP contribution in [0.2, 0.25) is 5.02 Å². The molecule has 1 aliphatic carbocycles. The molecule has 1 N–H and O–H groups in total. The lowest BCUT2D eigenvalue weighted by Gasteiger charge is -2.07. The molecular weight excluding hydrogens is 224 g/mol. The third kappa shape index (κ3) is 2.40. The number of halogens is 1. The number of carbonyl (C=O) groups excluding carboxylic acids is 1. The first-order chi connectivity index (χ1) is 7.72. The average molecular weight is 237 g/mol. The van der Waals surface area contributed by atoms with E-state index < -0.39 is 0 Å². The summed E-state index contributed by atoms with van der Waals surface area (Å²) in [7, 11) is 0. The van der Waals surface area contributed by atoms with E-state index in [1.165, 1.54) is 0 Å². The van der Waals surface area contributed by atoms with Crippen molar-refractivity contribution in [3.63, 3.8) is 0 Å². The number of nitrogens with zero attached hydrogens (tertiary/aromatic N) is 1. The zero-order valence-corrected chi connectivity index (χ0v) is 9.63. The van der Waals surface area contributed by atoms with Crippen LogP contribution in [0.1, 0.15) is 35.8 Å². The minimum Gasteiger partial charge on any atom is -0.350 e. The molecule has 0 bridgehead atoms. The van der Waals surface area contributed by atoms with Gasteiger partial charge < -0.3 is 9.88 Å². The van der Waals surface area contributed by atoms with E-state index in [9.17, 15) is 4.79 Å². The van der Waals surface area contributed by atoms with E-state index in [1.54, 1.807) is 6.07 Å². The summed E-state index contributed by atoms with van der Waals surface area (Å²) >= 11 is 5.91. The maximum absolute atomic E-state index is 11.8. The van der Waals surface area contributed by atoms with Gasteiger partial charge in [-0.15, -0.1) is 12.3 Å². The second-order valence-electron chi connectivity index (χ2n) is 3.89. The van der Waals surface area contributed by atoms with Crippen LogP contribution < -0.4 is 5.32 Å². The maximum atomic E-state index is 11.8. The minimum absolute atomic E-state index is 0.103. The Hall–Kier alpha value is -1.40. The molecule has 1 saturated carbocycles. The Balaban J connectivity index is 2.07. The van der Waals surface area contributed by atoms with Gasteiger partial charge in [0, 0.05) is 25.2 Å². The number of carbonyl (C=O) groups is 1. The van der Waals surface area contributed by atoms with Gasteiger partial charge in [-0.05, 0) is 18.9 Å². The molecule has 0 saturated heterocycles. The third-order valence-electron chi connectivity index (χ3n) is 2.54. The second-order valence-corrected chi connectivity index (χ2v) is 4.33. The lowest BCUT2D eigenvalue weighted by molar-refractivity contribution is 0.0945. The highest BCUT2D eigenvalue weighted by molar-refractivity contribution is 6.31. The molecule has 4 heteroatoms. The van der Waals surface area contributed by atoms with E-state index in [4.69, 9.17) is 18.0 Å². The highest BCUT2D eigenvalue weighted by atomic mass is 35.5. The van der Waals surface area contributed by atoms with Gasteiger partial charge in [0.2, 0.25) is 0 Å². The Labute approximate surface area is 99.8 Å². The standard InChI is InChI=1S/C12H13ClN2O/c1-2-3-6-14-12(16)11-7-9(13)8-15(11)10-4-5-10/h1,7-8,10H,3-6H2,(H,14,16). The molecule has 0 aromatic carbocycles. The van der Waals surface area contributed by atoms with Gasteiger partial charge in [0.25, 0.3) is 5.91 Å². The highest BCUT2D eigenvalue weighted by Crippen LogP contribution is 2.37. The Morgan fingerprint density at radius 2 is 2.44 bits per heavy atom. The summed E-state index contributed by atoms with van der Waals surface area (Å²) in [5.74, 6) is 2.38. The number of nitrogens with one attached hydrogen (secondary N) is 1. The van der Waals surface area contributed by atoms with Crippen LogP contribution in [0, 0.1) is 12.3 Å². The predicted molar refractivity (Wildman–Crippen MR) is 63.5 cm³/mol.